The Morgan fingerprint density at radius 2 is 1.76 bits per heavy atom. The molecule has 0 unspecified atom stereocenters. The molecule has 2 aliphatic heterocycles. The van der Waals surface area contributed by atoms with Crippen LogP contribution in [0.25, 0.3) is 0 Å². The lowest BCUT2D eigenvalue weighted by Gasteiger charge is -2.41. The average molecular weight is 414 g/mol. The standard InChI is InChI=1S/C21H26F4N2O2/c22-15-10-14(21(23,24)25)11-17(12-15)26-8-1-6-20(13-26)7-9-27(19(20)29)16-2-4-18(28)5-3-16/h10-12,16,18,28H,1-9,13H2/t16-,18-,20-/m0/s1. The minimum atomic E-state index is -4.62. The van der Waals surface area contributed by atoms with Crippen molar-refractivity contribution in [1.82, 2.24) is 4.90 Å². The molecule has 1 aliphatic carbocycles. The molecule has 0 radical (unpaired) electrons. The molecule has 3 aliphatic rings. The Morgan fingerprint density at radius 3 is 2.45 bits per heavy atom. The van der Waals surface area contributed by atoms with Crippen LogP contribution >= 0.6 is 0 Å². The lowest BCUT2D eigenvalue weighted by molar-refractivity contribution is -0.139. The number of nitrogens with zero attached hydrogens (tertiary/aromatic N) is 2. The van der Waals surface area contributed by atoms with E-state index in [1.54, 1.807) is 4.90 Å². The van der Waals surface area contributed by atoms with Gasteiger partial charge in [0.25, 0.3) is 0 Å². The maximum Gasteiger partial charge on any atom is 0.416 e. The van der Waals surface area contributed by atoms with Gasteiger partial charge in [-0.2, -0.15) is 13.2 Å². The summed E-state index contributed by atoms with van der Waals surface area (Å²) in [5.74, 6) is -0.856. The van der Waals surface area contributed by atoms with Crippen LogP contribution in [0.3, 0.4) is 0 Å². The molecule has 160 valence electrons. The second-order valence-electron chi connectivity index (χ2n) is 8.71. The number of aliphatic hydroxyl groups excluding tert-OH is 1. The number of anilines is 1. The van der Waals surface area contributed by atoms with Crippen LogP contribution in [0.5, 0.6) is 0 Å². The van der Waals surface area contributed by atoms with Gasteiger partial charge in [0.1, 0.15) is 5.82 Å². The maximum absolute atomic E-state index is 13.9. The highest BCUT2D eigenvalue weighted by atomic mass is 19.4. The average Bonchev–Trinajstić information content (AvgIpc) is 2.97. The second kappa shape index (κ2) is 7.45. The predicted octanol–water partition coefficient (Wildman–Crippen LogP) is 3.97. The topological polar surface area (TPSA) is 43.8 Å². The molecule has 1 saturated carbocycles. The number of piperidine rings is 1. The lowest BCUT2D eigenvalue weighted by atomic mass is 9.78. The number of alkyl halides is 3. The highest BCUT2D eigenvalue weighted by Gasteiger charge is 2.50. The third kappa shape index (κ3) is 3.96. The van der Waals surface area contributed by atoms with Gasteiger partial charge in [0.2, 0.25) is 5.91 Å². The van der Waals surface area contributed by atoms with Crippen LogP contribution in [0, 0.1) is 11.2 Å². The van der Waals surface area contributed by atoms with Gasteiger partial charge >= 0.3 is 6.18 Å². The number of hydrogen-bond acceptors (Lipinski definition) is 3. The molecule has 8 heteroatoms. The molecule has 2 heterocycles. The molecule has 29 heavy (non-hydrogen) atoms. The molecule has 1 amide bonds. The van der Waals surface area contributed by atoms with Crippen molar-refractivity contribution in [3.05, 3.63) is 29.6 Å². The second-order valence-corrected chi connectivity index (χ2v) is 8.71. The van der Waals surface area contributed by atoms with Gasteiger partial charge < -0.3 is 14.9 Å². The van der Waals surface area contributed by atoms with E-state index in [1.807, 2.05) is 4.90 Å². The lowest BCUT2D eigenvalue weighted by Crippen LogP contribution is -2.50. The number of hydrogen-bond donors (Lipinski definition) is 1. The molecular weight excluding hydrogens is 388 g/mol. The van der Waals surface area contributed by atoms with Gasteiger partial charge in [-0.05, 0) is 63.1 Å². The summed E-state index contributed by atoms with van der Waals surface area (Å²) in [5.41, 5.74) is -1.44. The fourth-order valence-corrected chi connectivity index (χ4v) is 5.22. The van der Waals surface area contributed by atoms with E-state index in [2.05, 4.69) is 0 Å². The van der Waals surface area contributed by atoms with E-state index < -0.39 is 23.0 Å². The fraction of sp³-hybridized carbons (Fsp3) is 0.667. The summed E-state index contributed by atoms with van der Waals surface area (Å²) in [6.07, 6.45) is 0.0966. The van der Waals surface area contributed by atoms with E-state index in [-0.39, 0.29) is 23.7 Å². The summed E-state index contributed by atoms with van der Waals surface area (Å²) in [6.45, 7) is 1.47. The SMILES string of the molecule is O=C1N([C@H]2CC[C@H](O)CC2)CC[C@]12CCCN(c1cc(F)cc(C(F)(F)F)c1)C2. The number of benzene rings is 1. The van der Waals surface area contributed by atoms with Gasteiger partial charge in [-0.25, -0.2) is 4.39 Å². The smallest absolute Gasteiger partial charge is 0.393 e. The van der Waals surface area contributed by atoms with Crippen LogP contribution in [0.2, 0.25) is 0 Å². The summed E-state index contributed by atoms with van der Waals surface area (Å²) < 4.78 is 53.1. The van der Waals surface area contributed by atoms with Gasteiger partial charge in [-0.1, -0.05) is 0 Å². The van der Waals surface area contributed by atoms with Crippen molar-refractivity contribution < 1.29 is 27.5 Å². The minimum absolute atomic E-state index is 0.0658. The summed E-state index contributed by atoms with van der Waals surface area (Å²) in [6, 6.07) is 2.73. The van der Waals surface area contributed by atoms with Crippen molar-refractivity contribution in [2.45, 2.75) is 63.3 Å². The third-order valence-electron chi connectivity index (χ3n) is 6.80. The van der Waals surface area contributed by atoms with Crippen molar-refractivity contribution >= 4 is 11.6 Å². The predicted molar refractivity (Wildman–Crippen MR) is 99.9 cm³/mol. The first kappa shape index (κ1) is 20.4. The van der Waals surface area contributed by atoms with E-state index in [0.717, 1.165) is 25.0 Å². The molecule has 1 N–H and O–H groups in total. The highest BCUT2D eigenvalue weighted by Crippen LogP contribution is 2.44. The van der Waals surface area contributed by atoms with E-state index in [9.17, 15) is 27.5 Å². The molecule has 1 aromatic carbocycles. The minimum Gasteiger partial charge on any atom is -0.393 e. The monoisotopic (exact) mass is 414 g/mol. The number of aliphatic hydroxyl groups is 1. The first-order chi connectivity index (χ1) is 13.7. The van der Waals surface area contributed by atoms with Crippen molar-refractivity contribution in [2.75, 3.05) is 24.5 Å². The normalized spacial score (nSPS) is 31.0. The summed E-state index contributed by atoms with van der Waals surface area (Å²) >= 11 is 0. The molecule has 3 fully saturated rings. The Morgan fingerprint density at radius 1 is 1.03 bits per heavy atom. The molecule has 2 saturated heterocycles. The molecule has 1 aromatic rings. The Kier molecular flexibility index (Phi) is 5.25. The summed E-state index contributed by atoms with van der Waals surface area (Å²) in [5, 5.41) is 9.72. The van der Waals surface area contributed by atoms with Crippen LogP contribution in [0.15, 0.2) is 18.2 Å². The Labute approximate surface area is 167 Å². The van der Waals surface area contributed by atoms with E-state index >= 15 is 0 Å². The van der Waals surface area contributed by atoms with Crippen LogP contribution in [0.4, 0.5) is 23.2 Å². The van der Waals surface area contributed by atoms with Crippen LogP contribution < -0.4 is 4.90 Å². The Bertz CT molecular complexity index is 776. The third-order valence-corrected chi connectivity index (χ3v) is 6.80. The molecule has 0 aromatic heterocycles. The summed E-state index contributed by atoms with van der Waals surface area (Å²) in [7, 11) is 0. The fourth-order valence-electron chi connectivity index (χ4n) is 5.22. The zero-order valence-corrected chi connectivity index (χ0v) is 16.2. The van der Waals surface area contributed by atoms with Gasteiger partial charge in [-0.15, -0.1) is 0 Å². The van der Waals surface area contributed by atoms with Crippen molar-refractivity contribution in [3.63, 3.8) is 0 Å². The number of likely N-dealkylation sites (tertiary alicyclic amines) is 1. The van der Waals surface area contributed by atoms with E-state index in [1.165, 1.54) is 0 Å². The maximum atomic E-state index is 13.9. The van der Waals surface area contributed by atoms with E-state index in [0.29, 0.717) is 57.8 Å². The quantitative estimate of drug-likeness (QED) is 0.745. The molecule has 4 nitrogen and oxygen atoms in total. The first-order valence-electron chi connectivity index (χ1n) is 10.3. The Hall–Kier alpha value is -1.83. The molecule has 4 rings (SSSR count). The van der Waals surface area contributed by atoms with Crippen LogP contribution in [-0.4, -0.2) is 47.7 Å². The van der Waals surface area contributed by atoms with E-state index in [4.69, 9.17) is 0 Å². The van der Waals surface area contributed by atoms with Gasteiger partial charge in [0.15, 0.2) is 0 Å². The van der Waals surface area contributed by atoms with Gasteiger partial charge in [0.05, 0.1) is 17.1 Å². The summed E-state index contributed by atoms with van der Waals surface area (Å²) in [4.78, 5) is 17.0. The van der Waals surface area contributed by atoms with Crippen molar-refractivity contribution in [1.29, 1.82) is 0 Å². The zero-order chi connectivity index (χ0) is 20.8. The highest BCUT2D eigenvalue weighted by molar-refractivity contribution is 5.86. The number of carbonyl (C=O) groups is 1. The van der Waals surface area contributed by atoms with Crippen LogP contribution in [-0.2, 0) is 11.0 Å². The number of amides is 1. The number of halogens is 4. The zero-order valence-electron chi connectivity index (χ0n) is 16.2. The molecule has 1 atom stereocenters. The number of rotatable bonds is 2. The van der Waals surface area contributed by atoms with Gasteiger partial charge in [-0.3, -0.25) is 4.79 Å². The van der Waals surface area contributed by atoms with Gasteiger partial charge in [0, 0.05) is 31.4 Å². The Balaban J connectivity index is 1.53. The molecule has 0 bridgehead atoms. The molecular formula is C21H26F4N2O2. The molecule has 1 spiro atoms. The van der Waals surface area contributed by atoms with Crippen molar-refractivity contribution in [3.8, 4) is 0 Å². The van der Waals surface area contributed by atoms with Crippen molar-refractivity contribution in [2.24, 2.45) is 5.41 Å². The number of carbonyl (C=O) groups excluding carboxylic acids is 1. The van der Waals surface area contributed by atoms with Crippen LogP contribution in [0.1, 0.15) is 50.5 Å². The first-order valence-corrected chi connectivity index (χ1v) is 10.3. The largest absolute Gasteiger partial charge is 0.416 e.